The highest BCUT2D eigenvalue weighted by Gasteiger charge is 2.45. The van der Waals surface area contributed by atoms with Crippen LogP contribution in [0.4, 0.5) is 0 Å². The van der Waals surface area contributed by atoms with Crippen LogP contribution >= 0.6 is 0 Å². The van der Waals surface area contributed by atoms with Gasteiger partial charge in [-0.05, 0) is 0 Å². The van der Waals surface area contributed by atoms with Crippen LogP contribution in [-0.4, -0.2) is 23.1 Å². The lowest BCUT2D eigenvalue weighted by Crippen LogP contribution is -2.24. The Bertz CT molecular complexity index is 1040. The third-order valence-electron chi connectivity index (χ3n) is 5.04. The first kappa shape index (κ1) is 14.0. The molecule has 0 bridgehead atoms. The standard InChI is InChI=1S/C21H10O4/c22-18-10-5-1-3-7-12(10)20(24)16-14(18)9-15-17(16)21(25)13-8-4-2-6-11(13)19(15)23/h1-8H,9H2. The van der Waals surface area contributed by atoms with Crippen LogP contribution in [0.15, 0.2) is 70.8 Å². The topological polar surface area (TPSA) is 68.3 Å². The summed E-state index contributed by atoms with van der Waals surface area (Å²) >= 11 is 0. The van der Waals surface area contributed by atoms with Gasteiger partial charge in [-0.15, -0.1) is 0 Å². The molecule has 3 aliphatic carbocycles. The molecule has 4 nitrogen and oxygen atoms in total. The zero-order chi connectivity index (χ0) is 17.3. The average Bonchev–Trinajstić information content (AvgIpc) is 3.06. The van der Waals surface area contributed by atoms with Crippen LogP contribution in [0.1, 0.15) is 47.9 Å². The first-order chi connectivity index (χ1) is 12.1. The number of rotatable bonds is 0. The molecule has 0 N–H and O–H groups in total. The van der Waals surface area contributed by atoms with Crippen molar-refractivity contribution >= 4 is 23.1 Å². The smallest absolute Gasteiger partial charge is 0.194 e. The normalized spacial score (nSPS) is 18.2. The third kappa shape index (κ3) is 1.61. The second-order valence-electron chi connectivity index (χ2n) is 6.29. The summed E-state index contributed by atoms with van der Waals surface area (Å²) in [5.41, 5.74) is 2.02. The van der Waals surface area contributed by atoms with Crippen LogP contribution in [0.5, 0.6) is 0 Å². The largest absolute Gasteiger partial charge is 0.289 e. The lowest BCUT2D eigenvalue weighted by atomic mass is 9.80. The quantitative estimate of drug-likeness (QED) is 0.746. The fourth-order valence-electron chi connectivity index (χ4n) is 3.90. The highest BCUT2D eigenvalue weighted by molar-refractivity contribution is 6.39. The average molecular weight is 326 g/mol. The van der Waals surface area contributed by atoms with E-state index in [0.717, 1.165) is 0 Å². The van der Waals surface area contributed by atoms with E-state index in [0.29, 0.717) is 22.3 Å². The van der Waals surface area contributed by atoms with Gasteiger partial charge in [-0.25, -0.2) is 0 Å². The Balaban J connectivity index is 1.75. The van der Waals surface area contributed by atoms with Crippen LogP contribution in [0.3, 0.4) is 0 Å². The molecule has 2 aromatic rings. The fraction of sp³-hybridized carbons (Fsp3) is 0.0476. The van der Waals surface area contributed by atoms with E-state index < -0.39 is 0 Å². The molecule has 25 heavy (non-hydrogen) atoms. The summed E-state index contributed by atoms with van der Waals surface area (Å²) < 4.78 is 0. The van der Waals surface area contributed by atoms with Gasteiger partial charge in [-0.3, -0.25) is 19.2 Å². The maximum Gasteiger partial charge on any atom is 0.194 e. The van der Waals surface area contributed by atoms with Crippen molar-refractivity contribution in [1.29, 1.82) is 0 Å². The Labute approximate surface area is 142 Å². The summed E-state index contributed by atoms with van der Waals surface area (Å²) in [6, 6.07) is 13.1. The summed E-state index contributed by atoms with van der Waals surface area (Å²) in [5.74, 6) is -1.25. The molecule has 0 spiro atoms. The van der Waals surface area contributed by atoms with E-state index in [4.69, 9.17) is 0 Å². The lowest BCUT2D eigenvalue weighted by Gasteiger charge is -2.19. The number of carbonyl (C=O) groups excluding carboxylic acids is 4. The number of benzene rings is 2. The third-order valence-corrected chi connectivity index (χ3v) is 5.04. The molecule has 4 heteroatoms. The van der Waals surface area contributed by atoms with Crippen molar-refractivity contribution in [3.8, 4) is 0 Å². The molecule has 5 rings (SSSR count). The van der Waals surface area contributed by atoms with Crippen LogP contribution in [0, 0.1) is 0 Å². The molecule has 0 aliphatic heterocycles. The fourth-order valence-corrected chi connectivity index (χ4v) is 3.90. The van der Waals surface area contributed by atoms with E-state index in [9.17, 15) is 19.2 Å². The number of hydrogen-bond donors (Lipinski definition) is 0. The molecule has 3 aliphatic rings. The maximum absolute atomic E-state index is 13.0. The predicted molar refractivity (Wildman–Crippen MR) is 88.9 cm³/mol. The van der Waals surface area contributed by atoms with Gasteiger partial charge in [0, 0.05) is 51.0 Å². The van der Waals surface area contributed by atoms with Crippen molar-refractivity contribution in [3.05, 3.63) is 93.1 Å². The summed E-state index contributed by atoms with van der Waals surface area (Å²) in [7, 11) is 0. The minimum atomic E-state index is -0.351. The Morgan fingerprint density at radius 3 is 1.16 bits per heavy atom. The van der Waals surface area contributed by atoms with Gasteiger partial charge >= 0.3 is 0 Å². The van der Waals surface area contributed by atoms with Crippen LogP contribution in [-0.2, 0) is 0 Å². The molecule has 0 saturated heterocycles. The van der Waals surface area contributed by atoms with E-state index in [1.165, 1.54) is 0 Å². The summed E-state index contributed by atoms with van der Waals surface area (Å²) in [4.78, 5) is 51.5. The van der Waals surface area contributed by atoms with Gasteiger partial charge in [0.15, 0.2) is 23.1 Å². The van der Waals surface area contributed by atoms with Crippen LogP contribution in [0.25, 0.3) is 0 Å². The Morgan fingerprint density at radius 1 is 0.480 bits per heavy atom. The summed E-state index contributed by atoms with van der Waals surface area (Å²) in [6.07, 6.45) is 0.0441. The van der Waals surface area contributed by atoms with E-state index in [1.807, 2.05) is 0 Å². The molecule has 0 atom stereocenters. The maximum atomic E-state index is 13.0. The Morgan fingerprint density at radius 2 is 0.800 bits per heavy atom. The van der Waals surface area contributed by atoms with Crippen LogP contribution in [0.2, 0.25) is 0 Å². The zero-order valence-electron chi connectivity index (χ0n) is 13.0. The Kier molecular flexibility index (Phi) is 2.56. The number of fused-ring (bicyclic) bond motifs is 3. The minimum Gasteiger partial charge on any atom is -0.289 e. The monoisotopic (exact) mass is 326 g/mol. The number of ketones is 4. The zero-order valence-corrected chi connectivity index (χ0v) is 13.0. The molecular weight excluding hydrogens is 316 g/mol. The number of allylic oxidation sites excluding steroid dienone is 4. The molecule has 2 aromatic carbocycles. The second kappa shape index (κ2) is 4.57. The molecular formula is C21H10O4. The van der Waals surface area contributed by atoms with Crippen molar-refractivity contribution in [1.82, 2.24) is 0 Å². The van der Waals surface area contributed by atoms with Crippen molar-refractivity contribution in [3.63, 3.8) is 0 Å². The van der Waals surface area contributed by atoms with Gasteiger partial charge < -0.3 is 0 Å². The molecule has 118 valence electrons. The minimum absolute atomic E-state index is 0.0441. The highest BCUT2D eigenvalue weighted by Crippen LogP contribution is 2.44. The van der Waals surface area contributed by atoms with Gasteiger partial charge in [0.25, 0.3) is 0 Å². The SMILES string of the molecule is O=C1C2=C(C(=O)c3ccccc31)C1=C(C2)C(=O)c2ccccc2C1=O. The Hall–Kier alpha value is -3.40. The van der Waals surface area contributed by atoms with Gasteiger partial charge in [0.05, 0.1) is 0 Å². The predicted octanol–water partition coefficient (Wildman–Crippen LogP) is 3.14. The van der Waals surface area contributed by atoms with Crippen molar-refractivity contribution < 1.29 is 19.2 Å². The van der Waals surface area contributed by atoms with Crippen molar-refractivity contribution in [2.24, 2.45) is 0 Å². The van der Waals surface area contributed by atoms with Crippen molar-refractivity contribution in [2.45, 2.75) is 6.42 Å². The molecule has 0 radical (unpaired) electrons. The van der Waals surface area contributed by atoms with E-state index in [-0.39, 0.29) is 51.8 Å². The first-order valence-electron chi connectivity index (χ1n) is 7.93. The second-order valence-corrected chi connectivity index (χ2v) is 6.29. The summed E-state index contributed by atoms with van der Waals surface area (Å²) in [5, 5.41) is 0. The first-order valence-corrected chi connectivity index (χ1v) is 7.93. The van der Waals surface area contributed by atoms with Crippen LogP contribution < -0.4 is 0 Å². The number of hydrogen-bond acceptors (Lipinski definition) is 4. The molecule has 0 unspecified atom stereocenters. The van der Waals surface area contributed by atoms with Gasteiger partial charge in [-0.2, -0.15) is 0 Å². The van der Waals surface area contributed by atoms with Crippen molar-refractivity contribution in [2.75, 3.05) is 0 Å². The van der Waals surface area contributed by atoms with Gasteiger partial charge in [0.2, 0.25) is 0 Å². The molecule has 0 heterocycles. The van der Waals surface area contributed by atoms with E-state index in [2.05, 4.69) is 0 Å². The molecule has 0 aromatic heterocycles. The van der Waals surface area contributed by atoms with E-state index >= 15 is 0 Å². The van der Waals surface area contributed by atoms with Gasteiger partial charge in [-0.1, -0.05) is 48.5 Å². The lowest BCUT2D eigenvalue weighted by molar-refractivity contribution is 0.0962. The van der Waals surface area contributed by atoms with Gasteiger partial charge in [0.1, 0.15) is 0 Å². The summed E-state index contributed by atoms with van der Waals surface area (Å²) in [6.45, 7) is 0. The molecule has 0 fully saturated rings. The molecule has 0 amide bonds. The number of carbonyl (C=O) groups is 4. The number of Topliss-reactive ketones (excluding diaryl/α,β-unsaturated/α-hetero) is 4. The van der Waals surface area contributed by atoms with E-state index in [1.54, 1.807) is 48.5 Å². The molecule has 0 saturated carbocycles. The highest BCUT2D eigenvalue weighted by atomic mass is 16.2.